The zero-order valence-corrected chi connectivity index (χ0v) is 8.46. The Hall–Kier alpha value is -0.530. The molecule has 0 fully saturated rings. The molecule has 0 aliphatic carbocycles. The average molecular weight is 171 g/mol. The second kappa shape index (κ2) is 6.04. The van der Waals surface area contributed by atoms with Crippen molar-refractivity contribution in [3.63, 3.8) is 0 Å². The van der Waals surface area contributed by atoms with Crippen LogP contribution >= 0.6 is 0 Å². The van der Waals surface area contributed by atoms with Gasteiger partial charge in [-0.15, -0.1) is 0 Å². The fraction of sp³-hybridized carbons (Fsp3) is 0.800. The fourth-order valence-electron chi connectivity index (χ4n) is 0.918. The van der Waals surface area contributed by atoms with E-state index >= 15 is 0 Å². The Morgan fingerprint density at radius 2 is 2.08 bits per heavy atom. The lowest BCUT2D eigenvalue weighted by Gasteiger charge is -2.14. The molecule has 0 aromatic rings. The minimum atomic E-state index is -0.0811. The first kappa shape index (κ1) is 11.5. The SMILES string of the molecule is C[CH][C@H](C)OC(=O)C(C)CCC. The molecule has 0 N–H and O–H groups in total. The van der Waals surface area contributed by atoms with E-state index < -0.39 is 0 Å². The molecular weight excluding hydrogens is 152 g/mol. The Bertz CT molecular complexity index is 132. The molecular formula is C10H19O2. The summed E-state index contributed by atoms with van der Waals surface area (Å²) in [6.07, 6.45) is 3.75. The summed E-state index contributed by atoms with van der Waals surface area (Å²) in [6.45, 7) is 7.74. The summed E-state index contributed by atoms with van der Waals surface area (Å²) in [5, 5.41) is 0. The highest BCUT2D eigenvalue weighted by atomic mass is 16.5. The maximum atomic E-state index is 11.3. The van der Waals surface area contributed by atoms with Crippen molar-refractivity contribution in [1.29, 1.82) is 0 Å². The van der Waals surface area contributed by atoms with Crippen molar-refractivity contribution in [2.75, 3.05) is 0 Å². The maximum Gasteiger partial charge on any atom is 0.308 e. The molecule has 2 atom stereocenters. The van der Waals surface area contributed by atoms with Crippen LogP contribution in [-0.4, -0.2) is 12.1 Å². The molecule has 12 heavy (non-hydrogen) atoms. The maximum absolute atomic E-state index is 11.3. The van der Waals surface area contributed by atoms with E-state index in [1.807, 2.05) is 27.2 Å². The van der Waals surface area contributed by atoms with Gasteiger partial charge in [-0.1, -0.05) is 27.2 Å². The fourth-order valence-corrected chi connectivity index (χ4v) is 0.918. The highest BCUT2D eigenvalue weighted by molar-refractivity contribution is 5.72. The molecule has 0 amide bonds. The lowest BCUT2D eigenvalue weighted by atomic mass is 10.1. The van der Waals surface area contributed by atoms with E-state index in [1.165, 1.54) is 0 Å². The van der Waals surface area contributed by atoms with E-state index in [-0.39, 0.29) is 18.0 Å². The molecule has 0 aliphatic heterocycles. The van der Waals surface area contributed by atoms with E-state index in [2.05, 4.69) is 6.92 Å². The second-order valence-electron chi connectivity index (χ2n) is 3.17. The van der Waals surface area contributed by atoms with Crippen molar-refractivity contribution in [2.45, 2.75) is 46.6 Å². The summed E-state index contributed by atoms with van der Waals surface area (Å²) < 4.78 is 5.12. The monoisotopic (exact) mass is 171 g/mol. The van der Waals surface area contributed by atoms with Crippen LogP contribution in [-0.2, 0) is 9.53 Å². The third-order valence-corrected chi connectivity index (χ3v) is 1.90. The van der Waals surface area contributed by atoms with Crippen LogP contribution in [0, 0.1) is 12.3 Å². The van der Waals surface area contributed by atoms with Gasteiger partial charge in [-0.2, -0.15) is 0 Å². The van der Waals surface area contributed by atoms with Crippen molar-refractivity contribution >= 4 is 5.97 Å². The lowest BCUT2D eigenvalue weighted by Crippen LogP contribution is -2.20. The third kappa shape index (κ3) is 4.37. The molecule has 0 aromatic carbocycles. The second-order valence-corrected chi connectivity index (χ2v) is 3.17. The van der Waals surface area contributed by atoms with Gasteiger partial charge in [0.05, 0.1) is 5.92 Å². The summed E-state index contributed by atoms with van der Waals surface area (Å²) >= 11 is 0. The molecule has 1 unspecified atom stereocenters. The van der Waals surface area contributed by atoms with Gasteiger partial charge in [0.25, 0.3) is 0 Å². The highest BCUT2D eigenvalue weighted by Crippen LogP contribution is 2.09. The molecule has 2 heteroatoms. The predicted molar refractivity (Wildman–Crippen MR) is 49.6 cm³/mol. The molecule has 0 rings (SSSR count). The standard InChI is InChI=1S/C10H19O2/c1-5-7-8(3)10(11)12-9(4)6-2/h6,8-9H,5,7H2,1-4H3/t8?,9-/m0/s1. The van der Waals surface area contributed by atoms with Gasteiger partial charge in [0.2, 0.25) is 0 Å². The highest BCUT2D eigenvalue weighted by Gasteiger charge is 2.15. The van der Waals surface area contributed by atoms with Gasteiger partial charge in [-0.3, -0.25) is 4.79 Å². The first-order valence-corrected chi connectivity index (χ1v) is 4.61. The number of esters is 1. The van der Waals surface area contributed by atoms with E-state index in [0.29, 0.717) is 0 Å². The smallest absolute Gasteiger partial charge is 0.308 e. The van der Waals surface area contributed by atoms with Crippen LogP contribution in [0.1, 0.15) is 40.5 Å². The Morgan fingerprint density at radius 3 is 2.50 bits per heavy atom. The van der Waals surface area contributed by atoms with Gasteiger partial charge in [0.1, 0.15) is 6.10 Å². The van der Waals surface area contributed by atoms with E-state index in [0.717, 1.165) is 12.8 Å². The van der Waals surface area contributed by atoms with Gasteiger partial charge in [0.15, 0.2) is 0 Å². The normalized spacial score (nSPS) is 15.3. The molecule has 0 aromatic heterocycles. The van der Waals surface area contributed by atoms with Gasteiger partial charge in [-0.05, 0) is 19.8 Å². The van der Waals surface area contributed by atoms with Gasteiger partial charge < -0.3 is 4.74 Å². The summed E-state index contributed by atoms with van der Waals surface area (Å²) in [6, 6.07) is 0. The van der Waals surface area contributed by atoms with Gasteiger partial charge in [-0.25, -0.2) is 0 Å². The topological polar surface area (TPSA) is 26.3 Å². The van der Waals surface area contributed by atoms with Crippen molar-refractivity contribution in [3.05, 3.63) is 6.42 Å². The summed E-state index contributed by atoms with van der Waals surface area (Å²) in [5.41, 5.74) is 0. The van der Waals surface area contributed by atoms with Gasteiger partial charge in [0, 0.05) is 0 Å². The van der Waals surface area contributed by atoms with Crippen LogP contribution in [0.2, 0.25) is 0 Å². The molecule has 0 saturated heterocycles. The molecule has 0 heterocycles. The first-order valence-electron chi connectivity index (χ1n) is 4.61. The van der Waals surface area contributed by atoms with Crippen LogP contribution < -0.4 is 0 Å². The first-order chi connectivity index (χ1) is 5.61. The quantitative estimate of drug-likeness (QED) is 0.594. The van der Waals surface area contributed by atoms with Crippen LogP contribution in [0.3, 0.4) is 0 Å². The minimum absolute atomic E-state index is 0.0393. The van der Waals surface area contributed by atoms with Crippen molar-refractivity contribution in [3.8, 4) is 0 Å². The summed E-state index contributed by atoms with van der Waals surface area (Å²) in [7, 11) is 0. The van der Waals surface area contributed by atoms with E-state index in [9.17, 15) is 4.79 Å². The van der Waals surface area contributed by atoms with Crippen molar-refractivity contribution < 1.29 is 9.53 Å². The number of ether oxygens (including phenoxy) is 1. The average Bonchev–Trinajstić information content (AvgIpc) is 2.04. The zero-order chi connectivity index (χ0) is 9.56. The number of rotatable bonds is 5. The summed E-state index contributed by atoms with van der Waals surface area (Å²) in [5.74, 6) is -0.0418. The Balaban J connectivity index is 3.70. The Labute approximate surface area is 75.3 Å². The third-order valence-electron chi connectivity index (χ3n) is 1.90. The number of carbonyl (C=O) groups is 1. The number of hydrogen-bond acceptors (Lipinski definition) is 2. The summed E-state index contributed by atoms with van der Waals surface area (Å²) in [4.78, 5) is 11.3. The van der Waals surface area contributed by atoms with E-state index in [4.69, 9.17) is 4.74 Å². The van der Waals surface area contributed by atoms with Crippen LogP contribution in [0.4, 0.5) is 0 Å². The van der Waals surface area contributed by atoms with Crippen molar-refractivity contribution in [1.82, 2.24) is 0 Å². The van der Waals surface area contributed by atoms with Crippen molar-refractivity contribution in [2.24, 2.45) is 5.92 Å². The van der Waals surface area contributed by atoms with Crippen LogP contribution in [0.25, 0.3) is 0 Å². The molecule has 0 aliphatic rings. The lowest BCUT2D eigenvalue weighted by molar-refractivity contribution is -0.151. The predicted octanol–water partition coefficient (Wildman–Crippen LogP) is 2.58. The Kier molecular flexibility index (Phi) is 5.77. The molecule has 2 nitrogen and oxygen atoms in total. The zero-order valence-electron chi connectivity index (χ0n) is 8.46. The molecule has 0 bridgehead atoms. The van der Waals surface area contributed by atoms with Crippen LogP contribution in [0.5, 0.6) is 0 Å². The molecule has 71 valence electrons. The number of hydrogen-bond donors (Lipinski definition) is 0. The van der Waals surface area contributed by atoms with Gasteiger partial charge >= 0.3 is 5.97 Å². The molecule has 1 radical (unpaired) electrons. The van der Waals surface area contributed by atoms with E-state index in [1.54, 1.807) is 0 Å². The minimum Gasteiger partial charge on any atom is -0.462 e. The van der Waals surface area contributed by atoms with Crippen LogP contribution in [0.15, 0.2) is 0 Å². The number of carbonyl (C=O) groups excluding carboxylic acids is 1. The Morgan fingerprint density at radius 1 is 1.50 bits per heavy atom. The molecule has 0 spiro atoms. The largest absolute Gasteiger partial charge is 0.462 e. The molecule has 0 saturated carbocycles.